The third kappa shape index (κ3) is 4.97. The van der Waals surface area contributed by atoms with Crippen LogP contribution in [-0.2, 0) is 14.8 Å². The molecule has 0 aliphatic heterocycles. The number of hydrogen-bond acceptors (Lipinski definition) is 6. The number of nitro benzene ring substituents is 1. The fourth-order valence-electron chi connectivity index (χ4n) is 2.64. The van der Waals surface area contributed by atoms with Gasteiger partial charge in [0.1, 0.15) is 11.8 Å². The number of rotatable bonds is 8. The maximum atomic E-state index is 12.7. The van der Waals surface area contributed by atoms with E-state index in [1.165, 1.54) is 25.1 Å². The van der Waals surface area contributed by atoms with Gasteiger partial charge in [-0.3, -0.25) is 19.2 Å². The van der Waals surface area contributed by atoms with Crippen molar-refractivity contribution in [2.24, 2.45) is 0 Å². The molecule has 10 heteroatoms. The molecule has 2 rings (SSSR count). The Labute approximate surface area is 163 Å². The third-order valence-corrected chi connectivity index (χ3v) is 5.07. The molecule has 0 bridgehead atoms. The number of benzene rings is 2. The second kappa shape index (κ2) is 8.70. The van der Waals surface area contributed by atoms with Crippen LogP contribution in [0.15, 0.2) is 48.5 Å². The van der Waals surface area contributed by atoms with Gasteiger partial charge in [0.2, 0.25) is 15.9 Å². The largest absolute Gasteiger partial charge is 0.492 e. The first-order chi connectivity index (χ1) is 13.1. The van der Waals surface area contributed by atoms with Crippen LogP contribution < -0.4 is 14.4 Å². The topological polar surface area (TPSA) is 119 Å². The van der Waals surface area contributed by atoms with E-state index in [-0.39, 0.29) is 11.4 Å². The fourth-order valence-corrected chi connectivity index (χ4v) is 3.81. The Balaban J connectivity index is 2.36. The summed E-state index contributed by atoms with van der Waals surface area (Å²) < 4.78 is 31.0. The van der Waals surface area contributed by atoms with Gasteiger partial charge in [-0.05, 0) is 32.0 Å². The second-order valence-electron chi connectivity index (χ2n) is 5.93. The molecule has 0 spiro atoms. The number of hydrogen-bond donors (Lipinski definition) is 1. The molecule has 150 valence electrons. The maximum absolute atomic E-state index is 12.7. The summed E-state index contributed by atoms with van der Waals surface area (Å²) in [6, 6.07) is 10.7. The van der Waals surface area contributed by atoms with Crippen molar-refractivity contribution in [3.05, 3.63) is 58.6 Å². The molecule has 9 nitrogen and oxygen atoms in total. The predicted molar refractivity (Wildman–Crippen MR) is 106 cm³/mol. The molecule has 0 aromatic heterocycles. The van der Waals surface area contributed by atoms with Gasteiger partial charge >= 0.3 is 0 Å². The van der Waals surface area contributed by atoms with Crippen LogP contribution >= 0.6 is 0 Å². The minimum atomic E-state index is -3.90. The molecule has 1 atom stereocenters. The van der Waals surface area contributed by atoms with E-state index in [9.17, 15) is 23.3 Å². The van der Waals surface area contributed by atoms with E-state index >= 15 is 0 Å². The summed E-state index contributed by atoms with van der Waals surface area (Å²) in [5.41, 5.74) is 0.145. The number of sulfonamides is 1. The molecule has 0 saturated carbocycles. The molecule has 0 aliphatic carbocycles. The lowest BCUT2D eigenvalue weighted by molar-refractivity contribution is -0.384. The number of para-hydroxylation sites is 2. The van der Waals surface area contributed by atoms with E-state index in [1.807, 2.05) is 0 Å². The second-order valence-corrected chi connectivity index (χ2v) is 7.79. The van der Waals surface area contributed by atoms with E-state index in [2.05, 4.69) is 5.32 Å². The highest BCUT2D eigenvalue weighted by atomic mass is 32.2. The molecule has 0 heterocycles. The normalized spacial score (nSPS) is 12.1. The summed E-state index contributed by atoms with van der Waals surface area (Å²) in [4.78, 5) is 23.1. The molecular formula is C18H21N3O6S. The number of nitrogens with zero attached hydrogens (tertiary/aromatic N) is 2. The van der Waals surface area contributed by atoms with Crippen molar-refractivity contribution in [3.8, 4) is 5.75 Å². The van der Waals surface area contributed by atoms with Gasteiger partial charge in [0, 0.05) is 12.1 Å². The lowest BCUT2D eigenvalue weighted by Gasteiger charge is -2.28. The number of nitro groups is 1. The van der Waals surface area contributed by atoms with Crippen molar-refractivity contribution in [3.63, 3.8) is 0 Å². The van der Waals surface area contributed by atoms with Gasteiger partial charge in [-0.25, -0.2) is 8.42 Å². The average molecular weight is 407 g/mol. The highest BCUT2D eigenvalue weighted by molar-refractivity contribution is 7.92. The smallest absolute Gasteiger partial charge is 0.271 e. The average Bonchev–Trinajstić information content (AvgIpc) is 2.62. The summed E-state index contributed by atoms with van der Waals surface area (Å²) in [5.74, 6) is -0.157. The Hall–Kier alpha value is -3.14. The Kier molecular flexibility index (Phi) is 6.57. The number of carbonyl (C=O) groups is 1. The monoisotopic (exact) mass is 407 g/mol. The molecule has 0 fully saturated rings. The van der Waals surface area contributed by atoms with Crippen molar-refractivity contribution in [1.82, 2.24) is 0 Å². The van der Waals surface area contributed by atoms with E-state index in [4.69, 9.17) is 4.74 Å². The molecule has 1 amide bonds. The number of non-ortho nitro benzene ring substituents is 1. The molecule has 2 aromatic carbocycles. The number of anilines is 2. The zero-order valence-electron chi connectivity index (χ0n) is 15.7. The lowest BCUT2D eigenvalue weighted by atomic mass is 10.2. The fraction of sp³-hybridized carbons (Fsp3) is 0.278. The van der Waals surface area contributed by atoms with Crippen LogP contribution in [-0.4, -0.2) is 38.2 Å². The van der Waals surface area contributed by atoms with Crippen LogP contribution in [0.3, 0.4) is 0 Å². The molecule has 28 heavy (non-hydrogen) atoms. The Morgan fingerprint density at radius 3 is 2.54 bits per heavy atom. The van der Waals surface area contributed by atoms with Gasteiger partial charge in [0.05, 0.1) is 29.2 Å². The standard InChI is InChI=1S/C18H21N3O6S/c1-4-27-17-11-6-5-10-16(17)19-18(22)13(2)20(28(3,25)26)14-8-7-9-15(12-14)21(23)24/h5-13H,4H2,1-3H3,(H,19,22)/t13-/m1/s1. The summed E-state index contributed by atoms with van der Waals surface area (Å²) >= 11 is 0. The van der Waals surface area contributed by atoms with Crippen molar-refractivity contribution in [2.45, 2.75) is 19.9 Å². The van der Waals surface area contributed by atoms with Gasteiger partial charge in [0.15, 0.2) is 0 Å². The minimum Gasteiger partial charge on any atom is -0.492 e. The van der Waals surface area contributed by atoms with Crippen molar-refractivity contribution in [1.29, 1.82) is 0 Å². The van der Waals surface area contributed by atoms with Crippen molar-refractivity contribution >= 4 is 33.0 Å². The minimum absolute atomic E-state index is 0.0254. The SMILES string of the molecule is CCOc1ccccc1NC(=O)[C@@H](C)N(c1cccc([N+](=O)[O-])c1)S(C)(=O)=O. The van der Waals surface area contributed by atoms with Gasteiger partial charge in [0.25, 0.3) is 5.69 Å². The Morgan fingerprint density at radius 1 is 1.25 bits per heavy atom. The zero-order valence-corrected chi connectivity index (χ0v) is 16.5. The van der Waals surface area contributed by atoms with Crippen LogP contribution in [0.4, 0.5) is 17.1 Å². The number of ether oxygens (including phenoxy) is 1. The molecular weight excluding hydrogens is 386 g/mol. The summed E-state index contributed by atoms with van der Waals surface area (Å²) in [7, 11) is -3.90. The summed E-state index contributed by atoms with van der Waals surface area (Å²) in [5, 5.41) is 13.7. The summed E-state index contributed by atoms with van der Waals surface area (Å²) in [6.07, 6.45) is 0.934. The Bertz CT molecular complexity index is 977. The maximum Gasteiger partial charge on any atom is 0.271 e. The van der Waals surface area contributed by atoms with Gasteiger partial charge in [-0.2, -0.15) is 0 Å². The first kappa shape index (κ1) is 21.2. The highest BCUT2D eigenvalue weighted by Gasteiger charge is 2.30. The van der Waals surface area contributed by atoms with E-state index < -0.39 is 26.9 Å². The molecule has 0 aliphatic rings. The van der Waals surface area contributed by atoms with Gasteiger partial charge in [-0.1, -0.05) is 18.2 Å². The molecule has 0 unspecified atom stereocenters. The first-order valence-corrected chi connectivity index (χ1v) is 10.3. The third-order valence-electron chi connectivity index (χ3n) is 3.83. The molecule has 1 N–H and O–H groups in total. The van der Waals surface area contributed by atoms with E-state index in [0.29, 0.717) is 18.0 Å². The van der Waals surface area contributed by atoms with E-state index in [0.717, 1.165) is 16.6 Å². The molecule has 0 radical (unpaired) electrons. The number of nitrogens with one attached hydrogen (secondary N) is 1. The molecule has 2 aromatic rings. The van der Waals surface area contributed by atoms with Crippen LogP contribution in [0, 0.1) is 10.1 Å². The van der Waals surface area contributed by atoms with Crippen LogP contribution in [0.1, 0.15) is 13.8 Å². The van der Waals surface area contributed by atoms with Crippen molar-refractivity contribution < 1.29 is 22.9 Å². The van der Waals surface area contributed by atoms with Gasteiger partial charge in [-0.15, -0.1) is 0 Å². The van der Waals surface area contributed by atoms with Crippen molar-refractivity contribution in [2.75, 3.05) is 22.5 Å². The molecule has 0 saturated heterocycles. The number of amides is 1. The lowest BCUT2D eigenvalue weighted by Crippen LogP contribution is -2.45. The van der Waals surface area contributed by atoms with Crippen LogP contribution in [0.25, 0.3) is 0 Å². The predicted octanol–water partition coefficient (Wildman–Crippen LogP) is 2.79. The summed E-state index contributed by atoms with van der Waals surface area (Å²) in [6.45, 7) is 3.60. The first-order valence-electron chi connectivity index (χ1n) is 8.41. The van der Waals surface area contributed by atoms with Gasteiger partial charge < -0.3 is 10.1 Å². The quantitative estimate of drug-likeness (QED) is 0.531. The zero-order chi connectivity index (χ0) is 20.9. The van der Waals surface area contributed by atoms with E-state index in [1.54, 1.807) is 31.2 Å². The van der Waals surface area contributed by atoms with Crippen LogP contribution in [0.5, 0.6) is 5.75 Å². The highest BCUT2D eigenvalue weighted by Crippen LogP contribution is 2.27. The Morgan fingerprint density at radius 2 is 1.93 bits per heavy atom. The van der Waals surface area contributed by atoms with Crippen LogP contribution in [0.2, 0.25) is 0 Å². The number of carbonyl (C=O) groups excluding carboxylic acids is 1.